The van der Waals surface area contributed by atoms with Gasteiger partial charge in [0.2, 0.25) is 16.7 Å². The number of hydrogen-bond acceptors (Lipinski definition) is 5. The molecule has 26 heavy (non-hydrogen) atoms. The highest BCUT2D eigenvalue weighted by Crippen LogP contribution is 2.42. The van der Waals surface area contributed by atoms with E-state index in [-0.39, 0.29) is 22.5 Å². The molecule has 0 spiro atoms. The maximum atomic E-state index is 12.8. The quantitative estimate of drug-likeness (QED) is 0.518. The Morgan fingerprint density at radius 3 is 2.12 bits per heavy atom. The molecule has 0 radical (unpaired) electrons. The lowest BCUT2D eigenvalue weighted by Gasteiger charge is -2.17. The van der Waals surface area contributed by atoms with Crippen LogP contribution in [0.15, 0.2) is 33.8 Å². The van der Waals surface area contributed by atoms with Gasteiger partial charge in [0.05, 0.1) is 5.56 Å². The van der Waals surface area contributed by atoms with Gasteiger partial charge in [-0.2, -0.15) is 8.42 Å². The van der Waals surface area contributed by atoms with Gasteiger partial charge in [0.1, 0.15) is 5.76 Å². The number of carbonyl (C=O) groups is 2. The summed E-state index contributed by atoms with van der Waals surface area (Å²) in [5, 5.41) is 0.736. The first-order chi connectivity index (χ1) is 12.1. The fourth-order valence-electron chi connectivity index (χ4n) is 3.53. The maximum Gasteiger partial charge on any atom is 0.328 e. The molecule has 1 aromatic heterocycles. The van der Waals surface area contributed by atoms with Crippen LogP contribution in [0.1, 0.15) is 37.4 Å². The van der Waals surface area contributed by atoms with E-state index >= 15 is 0 Å². The summed E-state index contributed by atoms with van der Waals surface area (Å²) in [4.78, 5) is 25.4. The predicted molar refractivity (Wildman–Crippen MR) is 94.3 cm³/mol. The van der Waals surface area contributed by atoms with Crippen LogP contribution >= 0.6 is 0 Å². The highest BCUT2D eigenvalue weighted by molar-refractivity contribution is 7.85. The van der Waals surface area contributed by atoms with Gasteiger partial charge in [-0.3, -0.25) is 14.1 Å². The first-order valence-electron chi connectivity index (χ1n) is 7.86. The molecule has 7 heteroatoms. The van der Waals surface area contributed by atoms with Crippen LogP contribution < -0.4 is 0 Å². The molecular weight excluding hydrogens is 356 g/mol. The van der Waals surface area contributed by atoms with Gasteiger partial charge < -0.3 is 4.42 Å². The smallest absolute Gasteiger partial charge is 0.328 e. The standard InChI is InChI=1S/C19H14O6S/c1-8-4-5-12-11(9(8)2)6-7-13-15(12)17(21)16(20)14-10(3)19(25-18(13)14)26(22,23)24/h4-7H,1-3H3,(H,22,23,24). The lowest BCUT2D eigenvalue weighted by atomic mass is 9.83. The van der Waals surface area contributed by atoms with E-state index in [1.807, 2.05) is 26.0 Å². The van der Waals surface area contributed by atoms with E-state index in [1.165, 1.54) is 6.92 Å². The molecule has 3 aromatic rings. The molecule has 0 aliphatic heterocycles. The summed E-state index contributed by atoms with van der Waals surface area (Å²) >= 11 is 0. The Morgan fingerprint density at radius 2 is 1.46 bits per heavy atom. The van der Waals surface area contributed by atoms with Gasteiger partial charge in [0, 0.05) is 16.7 Å². The molecule has 0 bridgehead atoms. The van der Waals surface area contributed by atoms with Crippen molar-refractivity contribution in [2.45, 2.75) is 25.9 Å². The minimum atomic E-state index is -4.66. The molecule has 0 saturated carbocycles. The zero-order valence-electron chi connectivity index (χ0n) is 14.2. The number of furan rings is 1. The van der Waals surface area contributed by atoms with E-state index < -0.39 is 26.8 Å². The van der Waals surface area contributed by atoms with Crippen molar-refractivity contribution >= 4 is 32.5 Å². The predicted octanol–water partition coefficient (Wildman–Crippen LogP) is 3.65. The first kappa shape index (κ1) is 16.7. The molecule has 0 unspecified atom stereocenters. The average molecular weight is 370 g/mol. The highest BCUT2D eigenvalue weighted by atomic mass is 32.2. The summed E-state index contributed by atoms with van der Waals surface area (Å²) in [5.74, 6) is -1.56. The van der Waals surface area contributed by atoms with Gasteiger partial charge >= 0.3 is 10.1 Å². The molecule has 0 fully saturated rings. The van der Waals surface area contributed by atoms with Crippen LogP contribution in [-0.2, 0) is 10.1 Å². The summed E-state index contributed by atoms with van der Waals surface area (Å²) in [6.45, 7) is 5.21. The Bertz CT molecular complexity index is 1260. The van der Waals surface area contributed by atoms with Crippen LogP contribution in [0.3, 0.4) is 0 Å². The largest absolute Gasteiger partial charge is 0.441 e. The van der Waals surface area contributed by atoms with Crippen molar-refractivity contribution < 1.29 is 27.0 Å². The van der Waals surface area contributed by atoms with Crippen molar-refractivity contribution in [1.82, 2.24) is 0 Å². The highest BCUT2D eigenvalue weighted by Gasteiger charge is 2.39. The molecule has 4 rings (SSSR count). The van der Waals surface area contributed by atoms with E-state index in [2.05, 4.69) is 0 Å². The van der Waals surface area contributed by atoms with Crippen molar-refractivity contribution in [3.05, 3.63) is 52.1 Å². The minimum Gasteiger partial charge on any atom is -0.441 e. The second kappa shape index (κ2) is 5.12. The number of Topliss-reactive ketones (excluding diaryl/α,β-unsaturated/α-hetero) is 2. The van der Waals surface area contributed by atoms with Crippen LogP contribution in [-0.4, -0.2) is 24.5 Å². The van der Waals surface area contributed by atoms with Crippen LogP contribution in [0, 0.1) is 20.8 Å². The molecule has 0 saturated heterocycles. The Morgan fingerprint density at radius 1 is 0.846 bits per heavy atom. The van der Waals surface area contributed by atoms with Crippen molar-refractivity contribution in [3.63, 3.8) is 0 Å². The summed E-state index contributed by atoms with van der Waals surface area (Å²) in [6.07, 6.45) is 0. The second-order valence-corrected chi connectivity index (χ2v) is 7.76. The Labute approximate surface area is 149 Å². The van der Waals surface area contributed by atoms with E-state index in [9.17, 15) is 22.6 Å². The number of benzene rings is 2. The number of carbonyl (C=O) groups excluding carboxylic acids is 2. The molecule has 0 atom stereocenters. The van der Waals surface area contributed by atoms with Crippen molar-refractivity contribution in [2.75, 3.05) is 0 Å². The number of aryl methyl sites for hydroxylation is 2. The molecule has 1 N–H and O–H groups in total. The third-order valence-electron chi connectivity index (χ3n) is 4.98. The summed E-state index contributed by atoms with van der Waals surface area (Å²) in [5.41, 5.74) is 2.41. The monoisotopic (exact) mass is 370 g/mol. The van der Waals surface area contributed by atoms with E-state index in [1.54, 1.807) is 12.1 Å². The lowest BCUT2D eigenvalue weighted by molar-refractivity contribution is 0.0815. The molecule has 1 heterocycles. The summed E-state index contributed by atoms with van der Waals surface area (Å²) in [7, 11) is -4.66. The van der Waals surface area contributed by atoms with Crippen LogP contribution in [0.5, 0.6) is 0 Å². The summed E-state index contributed by atoms with van der Waals surface area (Å²) < 4.78 is 37.7. The lowest BCUT2D eigenvalue weighted by Crippen LogP contribution is -2.21. The SMILES string of the molecule is Cc1ccc2c3c(ccc2c1C)-c1oc(S(=O)(=O)O)c(C)c1C(=O)C3=O. The van der Waals surface area contributed by atoms with Gasteiger partial charge in [0.25, 0.3) is 0 Å². The van der Waals surface area contributed by atoms with Gasteiger partial charge in [-0.15, -0.1) is 0 Å². The number of rotatable bonds is 1. The van der Waals surface area contributed by atoms with Crippen LogP contribution in [0.4, 0.5) is 0 Å². The Kier molecular flexibility index (Phi) is 3.29. The zero-order valence-corrected chi connectivity index (χ0v) is 15.0. The zero-order chi connectivity index (χ0) is 19.0. The van der Waals surface area contributed by atoms with E-state index in [4.69, 9.17) is 4.42 Å². The van der Waals surface area contributed by atoms with Crippen LogP contribution in [0.25, 0.3) is 22.1 Å². The Hall–Kier alpha value is -2.77. The van der Waals surface area contributed by atoms with Crippen molar-refractivity contribution in [3.8, 4) is 11.3 Å². The number of ketones is 2. The van der Waals surface area contributed by atoms with E-state index in [0.717, 1.165) is 16.5 Å². The molecule has 1 aliphatic rings. The van der Waals surface area contributed by atoms with Crippen molar-refractivity contribution in [2.24, 2.45) is 0 Å². The van der Waals surface area contributed by atoms with Gasteiger partial charge in [-0.05, 0) is 48.7 Å². The molecule has 132 valence electrons. The Balaban J connectivity index is 2.16. The molecule has 1 aliphatic carbocycles. The fraction of sp³-hybridized carbons (Fsp3) is 0.158. The van der Waals surface area contributed by atoms with Crippen molar-refractivity contribution in [1.29, 1.82) is 0 Å². The normalized spacial score (nSPS) is 13.8. The molecular formula is C19H14O6S. The number of hydrogen-bond donors (Lipinski definition) is 1. The maximum absolute atomic E-state index is 12.8. The topological polar surface area (TPSA) is 102 Å². The molecule has 2 aromatic carbocycles. The van der Waals surface area contributed by atoms with Gasteiger partial charge in [-0.25, -0.2) is 0 Å². The minimum absolute atomic E-state index is 0.00477. The third kappa shape index (κ3) is 2.04. The van der Waals surface area contributed by atoms with Gasteiger partial charge in [0.15, 0.2) is 0 Å². The molecule has 0 amide bonds. The summed E-state index contributed by atoms with van der Waals surface area (Å²) in [6, 6.07) is 7.09. The first-order valence-corrected chi connectivity index (χ1v) is 9.30. The molecule has 6 nitrogen and oxygen atoms in total. The van der Waals surface area contributed by atoms with Crippen LogP contribution in [0.2, 0.25) is 0 Å². The second-order valence-electron chi connectivity index (χ2n) is 6.44. The average Bonchev–Trinajstić information content (AvgIpc) is 2.93. The number of fused-ring (bicyclic) bond motifs is 5. The van der Waals surface area contributed by atoms with Gasteiger partial charge in [-0.1, -0.05) is 18.2 Å². The third-order valence-corrected chi connectivity index (χ3v) is 5.84. The fourth-order valence-corrected chi connectivity index (χ4v) is 4.21. The van der Waals surface area contributed by atoms with E-state index in [0.29, 0.717) is 10.9 Å².